The van der Waals surface area contributed by atoms with Crippen LogP contribution >= 0.6 is 0 Å². The molecule has 0 radical (unpaired) electrons. The van der Waals surface area contributed by atoms with Gasteiger partial charge in [0.25, 0.3) is 0 Å². The van der Waals surface area contributed by atoms with Crippen LogP contribution in [0, 0.1) is 0 Å². The van der Waals surface area contributed by atoms with Crippen LogP contribution in [0.25, 0.3) is 11.0 Å². The Hall–Kier alpha value is -1.44. The second-order valence-electron chi connectivity index (χ2n) is 4.78. The highest BCUT2D eigenvalue weighted by molar-refractivity contribution is 5.83. The molecule has 17 heavy (non-hydrogen) atoms. The average Bonchev–Trinajstić information content (AvgIpc) is 2.65. The Morgan fingerprint density at radius 1 is 1.06 bits per heavy atom. The van der Waals surface area contributed by atoms with E-state index in [1.807, 2.05) is 12.1 Å². The van der Waals surface area contributed by atoms with Crippen LogP contribution in [0.15, 0.2) is 22.6 Å². The fraction of sp³-hybridized carbons (Fsp3) is 0.467. The topological polar surface area (TPSA) is 22.4 Å². The van der Waals surface area contributed by atoms with Crippen molar-refractivity contribution in [3.8, 4) is 5.75 Å². The molecule has 1 aliphatic rings. The summed E-state index contributed by atoms with van der Waals surface area (Å²) in [5, 5.41) is 1.28. The first kappa shape index (κ1) is 10.7. The van der Waals surface area contributed by atoms with Gasteiger partial charge in [0.15, 0.2) is 0 Å². The van der Waals surface area contributed by atoms with Crippen LogP contribution in [0.5, 0.6) is 5.75 Å². The van der Waals surface area contributed by atoms with E-state index < -0.39 is 0 Å². The standard InChI is InChI=1S/C15H18O2/c1-16-11-8-9-13-12-6-4-2-3-5-7-14(12)17-15(13)10-11/h8-10H,2-7H2,1H3. The predicted octanol–water partition coefficient (Wildman–Crippen LogP) is 4.10. The molecule has 2 nitrogen and oxygen atoms in total. The van der Waals surface area contributed by atoms with Crippen molar-refractivity contribution in [3.63, 3.8) is 0 Å². The Balaban J connectivity index is 2.11. The van der Waals surface area contributed by atoms with E-state index in [-0.39, 0.29) is 0 Å². The van der Waals surface area contributed by atoms with Gasteiger partial charge >= 0.3 is 0 Å². The summed E-state index contributed by atoms with van der Waals surface area (Å²) in [5.41, 5.74) is 2.42. The monoisotopic (exact) mass is 230 g/mol. The summed E-state index contributed by atoms with van der Waals surface area (Å²) in [4.78, 5) is 0. The van der Waals surface area contributed by atoms with Crippen molar-refractivity contribution in [2.24, 2.45) is 0 Å². The number of hydrogen-bond donors (Lipinski definition) is 0. The second-order valence-corrected chi connectivity index (χ2v) is 4.78. The molecule has 0 unspecified atom stereocenters. The van der Waals surface area contributed by atoms with E-state index >= 15 is 0 Å². The van der Waals surface area contributed by atoms with Crippen molar-refractivity contribution in [1.82, 2.24) is 0 Å². The molecule has 0 spiro atoms. The van der Waals surface area contributed by atoms with Crippen molar-refractivity contribution in [2.45, 2.75) is 38.5 Å². The Kier molecular flexibility index (Phi) is 2.79. The lowest BCUT2D eigenvalue weighted by atomic mass is 9.97. The first-order chi connectivity index (χ1) is 8.38. The van der Waals surface area contributed by atoms with Crippen molar-refractivity contribution >= 4 is 11.0 Å². The summed E-state index contributed by atoms with van der Waals surface area (Å²) in [6.07, 6.45) is 7.47. The molecular weight excluding hydrogens is 212 g/mol. The third-order valence-electron chi connectivity index (χ3n) is 3.66. The summed E-state index contributed by atoms with van der Waals surface area (Å²) in [6.45, 7) is 0. The normalized spacial score (nSPS) is 16.3. The summed E-state index contributed by atoms with van der Waals surface area (Å²) in [6, 6.07) is 6.16. The van der Waals surface area contributed by atoms with Gasteiger partial charge < -0.3 is 9.15 Å². The molecule has 0 saturated carbocycles. The van der Waals surface area contributed by atoms with Gasteiger partial charge in [-0.2, -0.15) is 0 Å². The molecule has 90 valence electrons. The zero-order chi connectivity index (χ0) is 11.7. The van der Waals surface area contributed by atoms with Gasteiger partial charge in [-0.05, 0) is 31.4 Å². The molecule has 0 amide bonds. The molecule has 1 aromatic carbocycles. The van der Waals surface area contributed by atoms with Gasteiger partial charge in [-0.3, -0.25) is 0 Å². The highest BCUT2D eigenvalue weighted by Gasteiger charge is 2.15. The van der Waals surface area contributed by atoms with Crippen LogP contribution in [0.3, 0.4) is 0 Å². The highest BCUT2D eigenvalue weighted by atomic mass is 16.5. The Morgan fingerprint density at radius 2 is 1.88 bits per heavy atom. The molecule has 2 heteroatoms. The summed E-state index contributed by atoms with van der Waals surface area (Å²) in [7, 11) is 1.69. The Labute approximate surface area is 102 Å². The lowest BCUT2D eigenvalue weighted by Gasteiger charge is -2.07. The van der Waals surface area contributed by atoms with Crippen molar-refractivity contribution in [2.75, 3.05) is 7.11 Å². The Bertz CT molecular complexity index is 525. The van der Waals surface area contributed by atoms with Crippen molar-refractivity contribution in [3.05, 3.63) is 29.5 Å². The van der Waals surface area contributed by atoms with E-state index in [2.05, 4.69) is 6.07 Å². The SMILES string of the molecule is COc1ccc2c3c(oc2c1)CCCCCC3. The van der Waals surface area contributed by atoms with E-state index in [4.69, 9.17) is 9.15 Å². The Morgan fingerprint density at radius 3 is 2.71 bits per heavy atom. The van der Waals surface area contributed by atoms with Gasteiger partial charge in [0.05, 0.1) is 7.11 Å². The van der Waals surface area contributed by atoms with Crippen LogP contribution in [0.2, 0.25) is 0 Å². The van der Waals surface area contributed by atoms with Crippen LogP contribution in [-0.2, 0) is 12.8 Å². The number of aryl methyl sites for hydroxylation is 2. The van der Waals surface area contributed by atoms with Crippen LogP contribution in [-0.4, -0.2) is 7.11 Å². The minimum absolute atomic E-state index is 0.874. The fourth-order valence-corrected chi connectivity index (χ4v) is 2.72. The van der Waals surface area contributed by atoms with Gasteiger partial charge in [-0.15, -0.1) is 0 Å². The number of fused-ring (bicyclic) bond motifs is 3. The number of rotatable bonds is 1. The van der Waals surface area contributed by atoms with Gasteiger partial charge in [-0.1, -0.05) is 12.8 Å². The number of furan rings is 1. The maximum Gasteiger partial charge on any atom is 0.138 e. The fourth-order valence-electron chi connectivity index (χ4n) is 2.72. The molecule has 3 rings (SSSR count). The number of hydrogen-bond acceptors (Lipinski definition) is 2. The van der Waals surface area contributed by atoms with Crippen LogP contribution in [0.4, 0.5) is 0 Å². The lowest BCUT2D eigenvalue weighted by Crippen LogP contribution is -1.96. The van der Waals surface area contributed by atoms with Crippen molar-refractivity contribution < 1.29 is 9.15 Å². The molecular formula is C15H18O2. The molecule has 0 aliphatic heterocycles. The van der Waals surface area contributed by atoms with Gasteiger partial charge in [0.2, 0.25) is 0 Å². The maximum absolute atomic E-state index is 5.99. The van der Waals surface area contributed by atoms with Gasteiger partial charge in [-0.25, -0.2) is 0 Å². The molecule has 0 N–H and O–H groups in total. The molecule has 1 aliphatic carbocycles. The molecule has 2 aromatic rings. The highest BCUT2D eigenvalue weighted by Crippen LogP contribution is 2.32. The minimum Gasteiger partial charge on any atom is -0.497 e. The number of methoxy groups -OCH3 is 1. The van der Waals surface area contributed by atoms with E-state index in [1.165, 1.54) is 42.4 Å². The first-order valence-electron chi connectivity index (χ1n) is 6.47. The van der Waals surface area contributed by atoms with Crippen LogP contribution < -0.4 is 4.74 Å². The molecule has 0 bridgehead atoms. The molecule has 0 atom stereocenters. The maximum atomic E-state index is 5.99. The molecule has 1 aromatic heterocycles. The average molecular weight is 230 g/mol. The molecule has 1 heterocycles. The largest absolute Gasteiger partial charge is 0.497 e. The quantitative estimate of drug-likeness (QED) is 0.736. The van der Waals surface area contributed by atoms with E-state index in [1.54, 1.807) is 7.11 Å². The zero-order valence-electron chi connectivity index (χ0n) is 10.3. The number of ether oxygens (including phenoxy) is 1. The third-order valence-corrected chi connectivity index (χ3v) is 3.66. The van der Waals surface area contributed by atoms with Gasteiger partial charge in [0, 0.05) is 23.4 Å². The lowest BCUT2D eigenvalue weighted by molar-refractivity contribution is 0.414. The van der Waals surface area contributed by atoms with E-state index in [0.29, 0.717) is 0 Å². The molecule has 0 fully saturated rings. The summed E-state index contributed by atoms with van der Waals surface area (Å²) >= 11 is 0. The minimum atomic E-state index is 0.874. The first-order valence-corrected chi connectivity index (χ1v) is 6.47. The van der Waals surface area contributed by atoms with E-state index in [0.717, 1.165) is 24.2 Å². The van der Waals surface area contributed by atoms with Crippen molar-refractivity contribution in [1.29, 1.82) is 0 Å². The molecule has 0 saturated heterocycles. The smallest absolute Gasteiger partial charge is 0.138 e. The summed E-state index contributed by atoms with van der Waals surface area (Å²) < 4.78 is 11.2. The zero-order valence-corrected chi connectivity index (χ0v) is 10.3. The number of benzene rings is 1. The van der Waals surface area contributed by atoms with Gasteiger partial charge in [0.1, 0.15) is 17.1 Å². The predicted molar refractivity (Wildman–Crippen MR) is 68.6 cm³/mol. The summed E-state index contributed by atoms with van der Waals surface area (Å²) in [5.74, 6) is 2.08. The second kappa shape index (κ2) is 4.44. The van der Waals surface area contributed by atoms with Crippen LogP contribution in [0.1, 0.15) is 37.0 Å². The van der Waals surface area contributed by atoms with E-state index in [9.17, 15) is 0 Å². The third kappa shape index (κ3) is 1.92.